The van der Waals surface area contributed by atoms with Crippen molar-refractivity contribution in [3.8, 4) is 0 Å². The summed E-state index contributed by atoms with van der Waals surface area (Å²) in [6.45, 7) is 2.67. The third-order valence-corrected chi connectivity index (χ3v) is 3.92. The Kier molecular flexibility index (Phi) is 3.22. The van der Waals surface area contributed by atoms with Crippen molar-refractivity contribution in [3.05, 3.63) is 12.2 Å². The van der Waals surface area contributed by atoms with E-state index in [2.05, 4.69) is 12.2 Å². The third kappa shape index (κ3) is 2.35. The number of aliphatic carboxylic acids is 1. The zero-order valence-corrected chi connectivity index (χ0v) is 10.2. The summed E-state index contributed by atoms with van der Waals surface area (Å²) in [5, 5.41) is 9.13. The number of rotatable bonds is 2. The largest absolute Gasteiger partial charge is 0.481 e. The average molecular weight is 237 g/mol. The van der Waals surface area contributed by atoms with E-state index in [1.54, 1.807) is 11.8 Å². The van der Waals surface area contributed by atoms with E-state index in [-0.39, 0.29) is 11.8 Å². The van der Waals surface area contributed by atoms with Gasteiger partial charge in [0.1, 0.15) is 0 Å². The predicted octanol–water partition coefficient (Wildman–Crippen LogP) is 1.67. The zero-order chi connectivity index (χ0) is 12.5. The molecule has 17 heavy (non-hydrogen) atoms. The summed E-state index contributed by atoms with van der Waals surface area (Å²) in [6.07, 6.45) is 7.39. The molecule has 1 N–H and O–H groups in total. The molecule has 94 valence electrons. The van der Waals surface area contributed by atoms with Crippen molar-refractivity contribution in [1.29, 1.82) is 0 Å². The van der Waals surface area contributed by atoms with Crippen LogP contribution in [0.3, 0.4) is 0 Å². The number of nitrogens with zero attached hydrogens (tertiary/aromatic N) is 1. The topological polar surface area (TPSA) is 57.6 Å². The number of carbonyl (C=O) groups excluding carboxylic acids is 1. The quantitative estimate of drug-likeness (QED) is 0.743. The van der Waals surface area contributed by atoms with Crippen molar-refractivity contribution in [1.82, 2.24) is 4.90 Å². The molecule has 2 aliphatic rings. The Morgan fingerprint density at radius 3 is 2.71 bits per heavy atom. The van der Waals surface area contributed by atoms with Gasteiger partial charge in [-0.05, 0) is 32.6 Å². The molecule has 1 aliphatic heterocycles. The molecule has 0 aromatic heterocycles. The summed E-state index contributed by atoms with van der Waals surface area (Å²) in [7, 11) is 0. The summed E-state index contributed by atoms with van der Waals surface area (Å²) >= 11 is 0. The highest BCUT2D eigenvalue weighted by atomic mass is 16.4. The van der Waals surface area contributed by atoms with E-state index < -0.39 is 11.4 Å². The zero-order valence-electron chi connectivity index (χ0n) is 10.2. The summed E-state index contributed by atoms with van der Waals surface area (Å²) in [6, 6.07) is 0. The first-order valence-electron chi connectivity index (χ1n) is 6.20. The van der Waals surface area contributed by atoms with Crippen molar-refractivity contribution < 1.29 is 14.7 Å². The average Bonchev–Trinajstić information content (AvgIpc) is 2.74. The maximum atomic E-state index is 12.2. The molecular formula is C13H19NO3. The van der Waals surface area contributed by atoms with Gasteiger partial charge in [0.2, 0.25) is 5.91 Å². The molecule has 0 radical (unpaired) electrons. The Balaban J connectivity index is 1.98. The molecule has 1 heterocycles. The van der Waals surface area contributed by atoms with Crippen LogP contribution < -0.4 is 0 Å². The Bertz CT molecular complexity index is 364. The molecule has 0 bridgehead atoms. The highest BCUT2D eigenvalue weighted by Gasteiger charge is 2.43. The van der Waals surface area contributed by atoms with Gasteiger partial charge in [-0.15, -0.1) is 0 Å². The molecule has 1 fully saturated rings. The van der Waals surface area contributed by atoms with Gasteiger partial charge in [-0.25, -0.2) is 0 Å². The Morgan fingerprint density at radius 2 is 2.18 bits per heavy atom. The van der Waals surface area contributed by atoms with Crippen LogP contribution in [0.25, 0.3) is 0 Å². The summed E-state index contributed by atoms with van der Waals surface area (Å²) < 4.78 is 0. The van der Waals surface area contributed by atoms with Gasteiger partial charge < -0.3 is 10.0 Å². The lowest BCUT2D eigenvalue weighted by Crippen LogP contribution is -2.38. The second-order valence-electron chi connectivity index (χ2n) is 5.36. The van der Waals surface area contributed by atoms with Crippen LogP contribution in [0.1, 0.15) is 32.6 Å². The lowest BCUT2D eigenvalue weighted by molar-refractivity contribution is -0.147. The maximum absolute atomic E-state index is 12.2. The summed E-state index contributed by atoms with van der Waals surface area (Å²) in [4.78, 5) is 25.1. The second kappa shape index (κ2) is 4.51. The number of carboxylic acid groups (broad SMARTS) is 1. The fourth-order valence-corrected chi connectivity index (χ4v) is 2.60. The summed E-state index contributed by atoms with van der Waals surface area (Å²) in [5.41, 5.74) is -0.750. The van der Waals surface area contributed by atoms with Crippen LogP contribution in [-0.2, 0) is 9.59 Å². The van der Waals surface area contributed by atoms with Crippen molar-refractivity contribution in [3.63, 3.8) is 0 Å². The van der Waals surface area contributed by atoms with E-state index >= 15 is 0 Å². The van der Waals surface area contributed by atoms with Crippen LogP contribution in [0.2, 0.25) is 0 Å². The second-order valence-corrected chi connectivity index (χ2v) is 5.36. The molecule has 0 saturated carbocycles. The Morgan fingerprint density at radius 1 is 1.41 bits per heavy atom. The van der Waals surface area contributed by atoms with Gasteiger partial charge in [0.05, 0.1) is 5.41 Å². The van der Waals surface area contributed by atoms with Crippen LogP contribution >= 0.6 is 0 Å². The smallest absolute Gasteiger partial charge is 0.311 e. The van der Waals surface area contributed by atoms with E-state index in [0.29, 0.717) is 19.5 Å². The molecule has 0 aromatic rings. The van der Waals surface area contributed by atoms with Crippen molar-refractivity contribution in [2.45, 2.75) is 32.6 Å². The number of allylic oxidation sites excluding steroid dienone is 2. The monoisotopic (exact) mass is 237 g/mol. The summed E-state index contributed by atoms with van der Waals surface area (Å²) in [5.74, 6) is -0.591. The fourth-order valence-electron chi connectivity index (χ4n) is 2.60. The first kappa shape index (κ1) is 12.1. The molecule has 1 saturated heterocycles. The van der Waals surface area contributed by atoms with Crippen molar-refractivity contribution in [2.24, 2.45) is 11.3 Å². The normalized spacial score (nSPS) is 32.8. The Hall–Kier alpha value is -1.32. The minimum Gasteiger partial charge on any atom is -0.481 e. The van der Waals surface area contributed by atoms with E-state index in [1.165, 1.54) is 0 Å². The molecule has 1 amide bonds. The van der Waals surface area contributed by atoms with Crippen LogP contribution in [0.4, 0.5) is 0 Å². The standard InChI is InChI=1S/C13H19NO3/c1-13(12(16)17)7-8-14(9-13)11(15)10-5-3-2-4-6-10/h2-3,10H,4-9H2,1H3,(H,16,17)/t10-,13+/m0/s1. The number of amides is 1. The third-order valence-electron chi connectivity index (χ3n) is 3.92. The molecular weight excluding hydrogens is 218 g/mol. The first-order valence-corrected chi connectivity index (χ1v) is 6.20. The van der Waals surface area contributed by atoms with Gasteiger partial charge in [0.15, 0.2) is 0 Å². The van der Waals surface area contributed by atoms with Crippen LogP contribution in [0.15, 0.2) is 12.2 Å². The highest BCUT2D eigenvalue weighted by Crippen LogP contribution is 2.32. The lowest BCUT2D eigenvalue weighted by Gasteiger charge is -2.25. The van der Waals surface area contributed by atoms with Gasteiger partial charge in [-0.1, -0.05) is 12.2 Å². The van der Waals surface area contributed by atoms with Crippen LogP contribution in [-0.4, -0.2) is 35.0 Å². The van der Waals surface area contributed by atoms with Gasteiger partial charge in [-0.3, -0.25) is 9.59 Å². The highest BCUT2D eigenvalue weighted by molar-refractivity contribution is 5.82. The first-order chi connectivity index (χ1) is 8.03. The van der Waals surface area contributed by atoms with E-state index in [4.69, 9.17) is 5.11 Å². The minimum absolute atomic E-state index is 0.0659. The number of hydrogen-bond acceptors (Lipinski definition) is 2. The molecule has 0 aromatic carbocycles. The van der Waals surface area contributed by atoms with E-state index in [0.717, 1.165) is 19.3 Å². The van der Waals surface area contributed by atoms with Gasteiger partial charge >= 0.3 is 5.97 Å². The molecule has 4 nitrogen and oxygen atoms in total. The number of likely N-dealkylation sites (tertiary alicyclic amines) is 1. The number of hydrogen-bond donors (Lipinski definition) is 1. The maximum Gasteiger partial charge on any atom is 0.311 e. The van der Waals surface area contributed by atoms with Crippen molar-refractivity contribution >= 4 is 11.9 Å². The number of carbonyl (C=O) groups is 2. The van der Waals surface area contributed by atoms with Crippen molar-refractivity contribution in [2.75, 3.05) is 13.1 Å². The molecule has 0 unspecified atom stereocenters. The van der Waals surface area contributed by atoms with E-state index in [1.807, 2.05) is 0 Å². The molecule has 2 atom stereocenters. The minimum atomic E-state index is -0.795. The Labute approximate surface area is 101 Å². The number of carboxylic acids is 1. The van der Waals surface area contributed by atoms with Gasteiger partial charge in [0, 0.05) is 19.0 Å². The lowest BCUT2D eigenvalue weighted by atomic mass is 9.90. The predicted molar refractivity (Wildman–Crippen MR) is 63.4 cm³/mol. The molecule has 4 heteroatoms. The SMILES string of the molecule is C[C@@]1(C(=O)O)CCN(C(=O)[C@H]2CC=CCC2)C1. The van der Waals surface area contributed by atoms with E-state index in [9.17, 15) is 9.59 Å². The fraction of sp³-hybridized carbons (Fsp3) is 0.692. The van der Waals surface area contributed by atoms with Gasteiger partial charge in [0.25, 0.3) is 0 Å². The molecule has 1 aliphatic carbocycles. The van der Waals surface area contributed by atoms with Gasteiger partial charge in [-0.2, -0.15) is 0 Å². The van der Waals surface area contributed by atoms with Crippen LogP contribution in [0, 0.1) is 11.3 Å². The molecule has 0 spiro atoms. The van der Waals surface area contributed by atoms with Crippen LogP contribution in [0.5, 0.6) is 0 Å². The molecule has 2 rings (SSSR count).